The summed E-state index contributed by atoms with van der Waals surface area (Å²) < 4.78 is 32.5. The van der Waals surface area contributed by atoms with Gasteiger partial charge in [-0.25, -0.2) is 13.1 Å². The van der Waals surface area contributed by atoms with Gasteiger partial charge in [0.15, 0.2) is 0 Å². The number of ether oxygens (including phenoxy) is 1. The monoisotopic (exact) mass is 313 g/mol. The second-order valence-electron chi connectivity index (χ2n) is 5.32. The van der Waals surface area contributed by atoms with Gasteiger partial charge in [0.2, 0.25) is 10.0 Å². The normalized spacial score (nSPS) is 22.2. The molecule has 1 unspecified atom stereocenters. The number of nitrogens with one attached hydrogen (secondary N) is 2. The summed E-state index contributed by atoms with van der Waals surface area (Å²) >= 11 is 0. The molecule has 2 rings (SSSR count). The molecule has 8 heteroatoms. The fraction of sp³-hybridized carbons (Fsp3) is 0.462. The van der Waals surface area contributed by atoms with Gasteiger partial charge in [-0.3, -0.25) is 4.79 Å². The molecular weight excluding hydrogens is 294 g/mol. The molecule has 0 radical (unpaired) electrons. The van der Waals surface area contributed by atoms with Gasteiger partial charge in [-0.2, -0.15) is 0 Å². The summed E-state index contributed by atoms with van der Waals surface area (Å²) in [6, 6.07) is 4.04. The standard InChI is InChI=1S/C13H19N3O4S/c1-13(5-6-15-8-13)16-21(18,19)9-3-4-11(20-2)10(7-9)12(14)17/h3-4,7,15-16H,5-6,8H2,1-2H3,(H2,14,17). The number of carbonyl (C=O) groups excluding carboxylic acids is 1. The zero-order valence-corrected chi connectivity index (χ0v) is 12.8. The Morgan fingerprint density at radius 1 is 1.48 bits per heavy atom. The predicted molar refractivity (Wildman–Crippen MR) is 77.7 cm³/mol. The third-order valence-corrected chi connectivity index (χ3v) is 5.13. The summed E-state index contributed by atoms with van der Waals surface area (Å²) in [5.41, 5.74) is 4.75. The molecule has 1 atom stereocenters. The van der Waals surface area contributed by atoms with Crippen LogP contribution in [0.25, 0.3) is 0 Å². The van der Waals surface area contributed by atoms with Crippen LogP contribution in [0.4, 0.5) is 0 Å². The topological polar surface area (TPSA) is 111 Å². The summed E-state index contributed by atoms with van der Waals surface area (Å²) in [6.07, 6.45) is 0.699. The maximum atomic E-state index is 12.4. The maximum absolute atomic E-state index is 12.4. The number of methoxy groups -OCH3 is 1. The number of primary amides is 1. The number of sulfonamides is 1. The molecule has 1 heterocycles. The van der Waals surface area contributed by atoms with Gasteiger partial charge in [0.1, 0.15) is 5.75 Å². The highest BCUT2D eigenvalue weighted by Gasteiger charge is 2.33. The molecule has 1 aromatic carbocycles. The fourth-order valence-corrected chi connectivity index (χ4v) is 3.80. The first-order valence-electron chi connectivity index (χ1n) is 6.50. The lowest BCUT2D eigenvalue weighted by molar-refractivity contribution is 0.0997. The van der Waals surface area contributed by atoms with Crippen molar-refractivity contribution in [3.63, 3.8) is 0 Å². The Labute approximate surface area is 123 Å². The van der Waals surface area contributed by atoms with Crippen molar-refractivity contribution in [2.24, 2.45) is 5.73 Å². The van der Waals surface area contributed by atoms with E-state index >= 15 is 0 Å². The first kappa shape index (κ1) is 15.7. The minimum absolute atomic E-state index is 0.00905. The third-order valence-electron chi connectivity index (χ3n) is 3.50. The predicted octanol–water partition coefficient (Wildman–Crippen LogP) is -0.176. The molecule has 7 nitrogen and oxygen atoms in total. The Hall–Kier alpha value is -1.64. The van der Waals surface area contributed by atoms with E-state index in [2.05, 4.69) is 10.0 Å². The zero-order valence-electron chi connectivity index (χ0n) is 12.0. The Bertz CT molecular complexity index is 651. The quantitative estimate of drug-likeness (QED) is 0.698. The Morgan fingerprint density at radius 3 is 2.71 bits per heavy atom. The van der Waals surface area contributed by atoms with Crippen LogP contribution < -0.4 is 20.5 Å². The molecule has 1 aliphatic heterocycles. The van der Waals surface area contributed by atoms with E-state index in [-0.39, 0.29) is 16.2 Å². The van der Waals surface area contributed by atoms with Crippen molar-refractivity contribution < 1.29 is 17.9 Å². The average Bonchev–Trinajstić information content (AvgIpc) is 2.83. The Morgan fingerprint density at radius 2 is 2.19 bits per heavy atom. The van der Waals surface area contributed by atoms with E-state index in [0.717, 1.165) is 6.54 Å². The number of nitrogens with two attached hydrogens (primary N) is 1. The van der Waals surface area contributed by atoms with Gasteiger partial charge in [-0.05, 0) is 38.1 Å². The molecule has 1 saturated heterocycles. The van der Waals surface area contributed by atoms with Crippen LogP contribution in [-0.2, 0) is 10.0 Å². The van der Waals surface area contributed by atoms with E-state index in [4.69, 9.17) is 10.5 Å². The van der Waals surface area contributed by atoms with Gasteiger partial charge in [0.05, 0.1) is 17.6 Å². The summed E-state index contributed by atoms with van der Waals surface area (Å²) in [6.45, 7) is 3.16. The van der Waals surface area contributed by atoms with Gasteiger partial charge in [-0.15, -0.1) is 0 Å². The molecule has 4 N–H and O–H groups in total. The molecular formula is C13H19N3O4S. The van der Waals surface area contributed by atoms with Crippen molar-refractivity contribution in [1.29, 1.82) is 0 Å². The number of hydrogen-bond donors (Lipinski definition) is 3. The van der Waals surface area contributed by atoms with Crippen LogP contribution in [0.2, 0.25) is 0 Å². The second-order valence-corrected chi connectivity index (χ2v) is 7.00. The molecule has 1 amide bonds. The van der Waals surface area contributed by atoms with Crippen LogP contribution in [0.3, 0.4) is 0 Å². The fourth-order valence-electron chi connectivity index (χ4n) is 2.33. The minimum atomic E-state index is -3.74. The van der Waals surface area contributed by atoms with Crippen molar-refractivity contribution in [3.05, 3.63) is 23.8 Å². The third kappa shape index (κ3) is 3.34. The molecule has 0 spiro atoms. The second kappa shape index (κ2) is 5.63. The lowest BCUT2D eigenvalue weighted by Crippen LogP contribution is -2.47. The molecule has 1 aliphatic rings. The zero-order chi connectivity index (χ0) is 15.7. The van der Waals surface area contributed by atoms with Crippen molar-refractivity contribution in [3.8, 4) is 5.75 Å². The van der Waals surface area contributed by atoms with Crippen LogP contribution in [0, 0.1) is 0 Å². The van der Waals surface area contributed by atoms with E-state index < -0.39 is 21.5 Å². The van der Waals surface area contributed by atoms with E-state index in [1.54, 1.807) is 0 Å². The summed E-state index contributed by atoms with van der Waals surface area (Å²) in [5, 5.41) is 3.11. The molecule has 0 aliphatic carbocycles. The summed E-state index contributed by atoms with van der Waals surface area (Å²) in [7, 11) is -2.35. The first-order chi connectivity index (χ1) is 9.77. The highest BCUT2D eigenvalue weighted by molar-refractivity contribution is 7.89. The highest BCUT2D eigenvalue weighted by atomic mass is 32.2. The maximum Gasteiger partial charge on any atom is 0.252 e. The van der Waals surface area contributed by atoms with Crippen LogP contribution in [0.5, 0.6) is 5.75 Å². The van der Waals surface area contributed by atoms with Crippen LogP contribution >= 0.6 is 0 Å². The van der Waals surface area contributed by atoms with Crippen molar-refractivity contribution >= 4 is 15.9 Å². The smallest absolute Gasteiger partial charge is 0.252 e. The summed E-state index contributed by atoms with van der Waals surface area (Å²) in [5.74, 6) is -0.493. The van der Waals surface area contributed by atoms with Gasteiger partial charge in [0.25, 0.3) is 5.91 Å². The van der Waals surface area contributed by atoms with E-state index in [0.29, 0.717) is 13.0 Å². The van der Waals surface area contributed by atoms with Crippen LogP contribution in [-0.4, -0.2) is 40.1 Å². The number of rotatable bonds is 5. The van der Waals surface area contributed by atoms with E-state index in [1.807, 2.05) is 6.92 Å². The van der Waals surface area contributed by atoms with E-state index in [1.165, 1.54) is 25.3 Å². The largest absolute Gasteiger partial charge is 0.496 e. The Balaban J connectivity index is 2.36. The van der Waals surface area contributed by atoms with E-state index in [9.17, 15) is 13.2 Å². The number of benzene rings is 1. The molecule has 1 aromatic rings. The van der Waals surface area contributed by atoms with Crippen molar-refractivity contribution in [2.75, 3.05) is 20.2 Å². The van der Waals surface area contributed by atoms with Crippen LogP contribution in [0.1, 0.15) is 23.7 Å². The lowest BCUT2D eigenvalue weighted by Gasteiger charge is -2.24. The number of amides is 1. The SMILES string of the molecule is COc1ccc(S(=O)(=O)NC2(C)CCNC2)cc1C(N)=O. The minimum Gasteiger partial charge on any atom is -0.496 e. The number of hydrogen-bond acceptors (Lipinski definition) is 5. The average molecular weight is 313 g/mol. The molecule has 0 bridgehead atoms. The summed E-state index contributed by atoms with van der Waals surface area (Å²) in [4.78, 5) is 11.4. The number of carbonyl (C=O) groups is 1. The first-order valence-corrected chi connectivity index (χ1v) is 7.98. The molecule has 1 fully saturated rings. The highest BCUT2D eigenvalue weighted by Crippen LogP contribution is 2.24. The van der Waals surface area contributed by atoms with Gasteiger partial charge >= 0.3 is 0 Å². The lowest BCUT2D eigenvalue weighted by atomic mass is 10.0. The molecule has 116 valence electrons. The van der Waals surface area contributed by atoms with Gasteiger partial charge in [0, 0.05) is 12.1 Å². The molecule has 21 heavy (non-hydrogen) atoms. The molecule has 0 aromatic heterocycles. The van der Waals surface area contributed by atoms with Crippen LogP contribution in [0.15, 0.2) is 23.1 Å². The van der Waals surface area contributed by atoms with Gasteiger partial charge in [-0.1, -0.05) is 0 Å². The van der Waals surface area contributed by atoms with Gasteiger partial charge < -0.3 is 15.8 Å². The van der Waals surface area contributed by atoms with Crippen molar-refractivity contribution in [1.82, 2.24) is 10.0 Å². The Kier molecular flexibility index (Phi) is 4.22. The van der Waals surface area contributed by atoms with Crippen molar-refractivity contribution in [2.45, 2.75) is 23.8 Å². The molecule has 0 saturated carbocycles.